The maximum absolute atomic E-state index is 12.6. The number of nitro benzene ring substituents is 1. The lowest BCUT2D eigenvalue weighted by Gasteiger charge is -2.10. The zero-order chi connectivity index (χ0) is 32.1. The summed E-state index contributed by atoms with van der Waals surface area (Å²) in [7, 11) is 0. The Morgan fingerprint density at radius 2 is 1.71 bits per heavy atom. The summed E-state index contributed by atoms with van der Waals surface area (Å²) in [6, 6.07) is 22.8. The number of rotatable bonds is 11. The van der Waals surface area contributed by atoms with Gasteiger partial charge in [-0.05, 0) is 102 Å². The first-order chi connectivity index (χ1) is 21.6. The fourth-order valence-electron chi connectivity index (χ4n) is 4.46. The molecule has 0 saturated carbocycles. The van der Waals surface area contributed by atoms with E-state index in [9.17, 15) is 14.9 Å². The molecule has 5 rings (SSSR count). The highest BCUT2D eigenvalue weighted by molar-refractivity contribution is 9.10. The van der Waals surface area contributed by atoms with Crippen LogP contribution in [0.25, 0.3) is 5.69 Å². The largest absolute Gasteiger partial charge is 0.486 e. The van der Waals surface area contributed by atoms with E-state index in [4.69, 9.17) is 37.1 Å². The minimum atomic E-state index is -0.602. The Morgan fingerprint density at radius 3 is 2.40 bits per heavy atom. The fourth-order valence-corrected chi connectivity index (χ4v) is 5.36. The molecular weight excluding hydrogens is 687 g/mol. The van der Waals surface area contributed by atoms with Gasteiger partial charge in [-0.15, -0.1) is 0 Å². The summed E-state index contributed by atoms with van der Waals surface area (Å²) >= 11 is 15.3. The minimum absolute atomic E-state index is 0.0239. The third kappa shape index (κ3) is 7.75. The predicted molar refractivity (Wildman–Crippen MR) is 175 cm³/mol. The predicted octanol–water partition coefficient (Wildman–Crippen LogP) is 8.59. The maximum atomic E-state index is 12.6. The lowest BCUT2D eigenvalue weighted by Crippen LogP contribution is -2.16. The molecule has 0 fully saturated rings. The molecule has 1 N–H and O–H groups in total. The molecule has 2 aromatic heterocycles. The van der Waals surface area contributed by atoms with Gasteiger partial charge in [-0.2, -0.15) is 5.10 Å². The van der Waals surface area contributed by atoms with Crippen molar-refractivity contribution in [2.45, 2.75) is 27.1 Å². The van der Waals surface area contributed by atoms with Crippen molar-refractivity contribution in [2.75, 3.05) is 0 Å². The van der Waals surface area contributed by atoms with E-state index in [0.717, 1.165) is 17.1 Å². The second kappa shape index (κ2) is 14.0. The molecule has 45 heavy (non-hydrogen) atoms. The van der Waals surface area contributed by atoms with Crippen LogP contribution in [0.3, 0.4) is 0 Å². The third-order valence-electron chi connectivity index (χ3n) is 6.62. The van der Waals surface area contributed by atoms with Crippen LogP contribution >= 0.6 is 39.1 Å². The summed E-state index contributed by atoms with van der Waals surface area (Å²) in [5.41, 5.74) is 6.40. The Bertz CT molecular complexity index is 1880. The van der Waals surface area contributed by atoms with Crippen molar-refractivity contribution >= 4 is 56.9 Å². The smallest absolute Gasteiger partial charge is 0.312 e. The van der Waals surface area contributed by atoms with Gasteiger partial charge in [0.1, 0.15) is 24.7 Å². The first-order valence-electron chi connectivity index (χ1n) is 13.4. The Morgan fingerprint density at radius 1 is 0.978 bits per heavy atom. The number of aromatic nitrogens is 1. The van der Waals surface area contributed by atoms with E-state index in [0.29, 0.717) is 37.2 Å². The van der Waals surface area contributed by atoms with E-state index in [1.54, 1.807) is 30.3 Å². The molecule has 0 radical (unpaired) electrons. The number of hydrogen-bond acceptors (Lipinski definition) is 7. The number of nitrogens with one attached hydrogen (secondary N) is 1. The van der Waals surface area contributed by atoms with Gasteiger partial charge in [0.2, 0.25) is 5.75 Å². The highest BCUT2D eigenvalue weighted by atomic mass is 79.9. The number of benzene rings is 3. The summed E-state index contributed by atoms with van der Waals surface area (Å²) in [5, 5.41) is 16.4. The van der Waals surface area contributed by atoms with Gasteiger partial charge in [0.15, 0.2) is 5.76 Å². The van der Waals surface area contributed by atoms with Crippen LogP contribution in [0.5, 0.6) is 11.5 Å². The number of furan rings is 1. The molecule has 3 aromatic carbocycles. The molecular formula is C32H25BrCl2N4O6. The van der Waals surface area contributed by atoms with E-state index < -0.39 is 10.8 Å². The topological polar surface area (TPSA) is 121 Å². The number of nitro groups is 1. The highest BCUT2D eigenvalue weighted by Crippen LogP contribution is 2.37. The van der Waals surface area contributed by atoms with E-state index in [1.165, 1.54) is 18.3 Å². The number of carbonyl (C=O) groups is 1. The molecule has 0 bridgehead atoms. The Balaban J connectivity index is 1.17. The van der Waals surface area contributed by atoms with E-state index in [2.05, 4.69) is 43.2 Å². The number of amides is 1. The molecule has 0 aliphatic rings. The van der Waals surface area contributed by atoms with Crippen LogP contribution in [0.2, 0.25) is 10.0 Å². The van der Waals surface area contributed by atoms with Crippen LogP contribution < -0.4 is 14.9 Å². The number of halogens is 3. The van der Waals surface area contributed by atoms with Crippen molar-refractivity contribution in [2.24, 2.45) is 5.10 Å². The molecule has 0 saturated heterocycles. The van der Waals surface area contributed by atoms with Gasteiger partial charge in [0.05, 0.1) is 25.7 Å². The summed E-state index contributed by atoms with van der Waals surface area (Å²) in [4.78, 5) is 23.8. The van der Waals surface area contributed by atoms with Gasteiger partial charge in [-0.3, -0.25) is 14.9 Å². The quantitative estimate of drug-likeness (QED) is 0.0832. The average molecular weight is 712 g/mol. The zero-order valence-corrected chi connectivity index (χ0v) is 27.0. The highest BCUT2D eigenvalue weighted by Gasteiger charge is 2.21. The SMILES string of the molecule is Cc1ccc(C)n1-c1ccc(OCc2ccc(C(=O)N/N=C/c3cc(Br)c(OCc4ccc(Cl)c(Cl)c4)c([N+](=O)[O-])c3)o2)cc1. The van der Waals surface area contributed by atoms with Crippen molar-refractivity contribution in [1.82, 2.24) is 9.99 Å². The lowest BCUT2D eigenvalue weighted by molar-refractivity contribution is -0.386. The van der Waals surface area contributed by atoms with Crippen molar-refractivity contribution in [3.8, 4) is 17.2 Å². The molecule has 0 unspecified atom stereocenters. The molecule has 0 aliphatic carbocycles. The van der Waals surface area contributed by atoms with Crippen LogP contribution in [0.15, 0.2) is 92.9 Å². The van der Waals surface area contributed by atoms with Gasteiger partial charge in [0, 0.05) is 28.7 Å². The molecule has 0 atom stereocenters. The molecule has 0 aliphatic heterocycles. The van der Waals surface area contributed by atoms with Crippen LogP contribution in [-0.2, 0) is 13.2 Å². The van der Waals surface area contributed by atoms with E-state index in [-0.39, 0.29) is 30.4 Å². The van der Waals surface area contributed by atoms with Gasteiger partial charge in [-0.1, -0.05) is 29.3 Å². The average Bonchev–Trinajstić information content (AvgIpc) is 3.63. The van der Waals surface area contributed by atoms with Crippen molar-refractivity contribution < 1.29 is 23.6 Å². The summed E-state index contributed by atoms with van der Waals surface area (Å²) < 4.78 is 19.6. The van der Waals surface area contributed by atoms with Gasteiger partial charge >= 0.3 is 11.6 Å². The monoisotopic (exact) mass is 710 g/mol. The van der Waals surface area contributed by atoms with E-state index >= 15 is 0 Å². The number of ether oxygens (including phenoxy) is 2. The number of carbonyl (C=O) groups excluding carboxylic acids is 1. The van der Waals surface area contributed by atoms with Crippen molar-refractivity contribution in [3.05, 3.63) is 138 Å². The van der Waals surface area contributed by atoms with Crippen molar-refractivity contribution in [3.63, 3.8) is 0 Å². The molecule has 0 spiro atoms. The van der Waals surface area contributed by atoms with Crippen LogP contribution in [-0.4, -0.2) is 21.6 Å². The summed E-state index contributed by atoms with van der Waals surface area (Å²) in [5.74, 6) is 0.549. The Kier molecular flexibility index (Phi) is 9.92. The van der Waals surface area contributed by atoms with Gasteiger partial charge < -0.3 is 18.5 Å². The Labute approximate surface area is 276 Å². The van der Waals surface area contributed by atoms with E-state index in [1.807, 2.05) is 38.1 Å². The zero-order valence-electron chi connectivity index (χ0n) is 23.9. The van der Waals surface area contributed by atoms with Crippen LogP contribution in [0.1, 0.15) is 38.8 Å². The summed E-state index contributed by atoms with van der Waals surface area (Å²) in [6.45, 7) is 4.24. The molecule has 2 heterocycles. The molecule has 230 valence electrons. The number of aryl methyl sites for hydroxylation is 2. The maximum Gasteiger partial charge on any atom is 0.312 e. The molecule has 10 nitrogen and oxygen atoms in total. The molecule has 13 heteroatoms. The summed E-state index contributed by atoms with van der Waals surface area (Å²) in [6.07, 6.45) is 1.27. The lowest BCUT2D eigenvalue weighted by atomic mass is 10.2. The number of hydrazone groups is 1. The second-order valence-electron chi connectivity index (χ2n) is 9.84. The molecule has 1 amide bonds. The van der Waals surface area contributed by atoms with Crippen LogP contribution in [0.4, 0.5) is 5.69 Å². The van der Waals surface area contributed by atoms with Crippen LogP contribution in [0, 0.1) is 24.0 Å². The van der Waals surface area contributed by atoms with Gasteiger partial charge in [-0.25, -0.2) is 5.43 Å². The Hall–Kier alpha value is -4.58. The number of nitrogens with zero attached hydrogens (tertiary/aromatic N) is 3. The first kappa shape index (κ1) is 31.8. The fraction of sp³-hybridized carbons (Fsp3) is 0.125. The first-order valence-corrected chi connectivity index (χ1v) is 15.0. The third-order valence-corrected chi connectivity index (χ3v) is 7.95. The standard InChI is InChI=1S/C32H25BrCl2N4O6/c1-19-3-4-20(2)38(19)23-6-8-24(9-7-23)43-18-25-10-12-30(45-25)32(40)37-36-16-22-13-26(33)31(29(15-22)39(41)42)44-17-21-5-11-27(34)28(35)14-21/h3-16H,17-18H2,1-2H3,(H,37,40)/b36-16+. The minimum Gasteiger partial charge on any atom is -0.486 e. The molecule has 5 aromatic rings. The van der Waals surface area contributed by atoms with Crippen molar-refractivity contribution in [1.29, 1.82) is 0 Å². The number of hydrogen-bond donors (Lipinski definition) is 1. The second-order valence-corrected chi connectivity index (χ2v) is 11.5. The van der Waals surface area contributed by atoms with Gasteiger partial charge in [0.25, 0.3) is 0 Å². The normalized spacial score (nSPS) is 11.1.